The van der Waals surface area contributed by atoms with Crippen molar-refractivity contribution in [3.8, 4) is 17.2 Å². The molecule has 1 atom stereocenters. The van der Waals surface area contributed by atoms with Crippen molar-refractivity contribution >= 4 is 5.91 Å². The summed E-state index contributed by atoms with van der Waals surface area (Å²) in [5, 5.41) is 7.40. The summed E-state index contributed by atoms with van der Waals surface area (Å²) in [7, 11) is 0. The van der Waals surface area contributed by atoms with Crippen LogP contribution in [0.3, 0.4) is 0 Å². The third-order valence-corrected chi connectivity index (χ3v) is 5.64. The lowest BCUT2D eigenvalue weighted by Crippen LogP contribution is -2.30. The summed E-state index contributed by atoms with van der Waals surface area (Å²) in [6.07, 6.45) is 3.62. The van der Waals surface area contributed by atoms with E-state index in [2.05, 4.69) is 10.4 Å². The molecule has 1 amide bonds. The highest BCUT2D eigenvalue weighted by atomic mass is 19.1. The second-order valence-corrected chi connectivity index (χ2v) is 7.70. The first kappa shape index (κ1) is 18.7. The van der Waals surface area contributed by atoms with Gasteiger partial charge in [-0.15, -0.1) is 0 Å². The molecule has 1 saturated carbocycles. The monoisotopic (exact) mass is 407 g/mol. The molecule has 154 valence electrons. The van der Waals surface area contributed by atoms with Crippen molar-refractivity contribution < 1.29 is 18.7 Å². The number of carbonyl (C=O) groups is 1. The molecule has 3 aromatic rings. The van der Waals surface area contributed by atoms with Crippen molar-refractivity contribution in [3.05, 3.63) is 71.3 Å². The van der Waals surface area contributed by atoms with Gasteiger partial charge in [-0.1, -0.05) is 18.2 Å². The predicted molar refractivity (Wildman–Crippen MR) is 109 cm³/mol. The Morgan fingerprint density at radius 2 is 1.93 bits per heavy atom. The van der Waals surface area contributed by atoms with Crippen LogP contribution in [0.25, 0.3) is 5.69 Å². The molecule has 7 heteroatoms. The SMILES string of the molecule is Cc1c(C(=O)NC(c2ccc3c(c2)OCCO3)C2CC2)cnn1-c1ccccc1F. The first-order chi connectivity index (χ1) is 14.6. The van der Waals surface area contributed by atoms with E-state index in [1.807, 2.05) is 18.2 Å². The first-order valence-corrected chi connectivity index (χ1v) is 10.1. The van der Waals surface area contributed by atoms with Gasteiger partial charge in [-0.25, -0.2) is 9.07 Å². The van der Waals surface area contributed by atoms with Gasteiger partial charge in [-0.05, 0) is 55.5 Å². The minimum atomic E-state index is -0.386. The molecular weight excluding hydrogens is 385 g/mol. The number of halogens is 1. The fourth-order valence-corrected chi connectivity index (χ4v) is 3.87. The van der Waals surface area contributed by atoms with Crippen LogP contribution in [0, 0.1) is 18.7 Å². The Hall–Kier alpha value is -3.35. The third-order valence-electron chi connectivity index (χ3n) is 5.64. The van der Waals surface area contributed by atoms with Crippen molar-refractivity contribution in [1.29, 1.82) is 0 Å². The van der Waals surface area contributed by atoms with E-state index in [-0.39, 0.29) is 17.8 Å². The molecule has 0 radical (unpaired) electrons. The lowest BCUT2D eigenvalue weighted by molar-refractivity contribution is 0.0930. The minimum absolute atomic E-state index is 0.121. The van der Waals surface area contributed by atoms with Crippen LogP contribution in [0.2, 0.25) is 0 Å². The van der Waals surface area contributed by atoms with Gasteiger partial charge < -0.3 is 14.8 Å². The predicted octanol–water partition coefficient (Wildman–Crippen LogP) is 3.97. The smallest absolute Gasteiger partial charge is 0.255 e. The number of hydrogen-bond donors (Lipinski definition) is 1. The van der Waals surface area contributed by atoms with Crippen LogP contribution in [-0.4, -0.2) is 28.9 Å². The van der Waals surface area contributed by atoms with Crippen LogP contribution < -0.4 is 14.8 Å². The molecule has 1 aliphatic heterocycles. The molecule has 0 bridgehead atoms. The zero-order valence-corrected chi connectivity index (χ0v) is 16.6. The van der Waals surface area contributed by atoms with Crippen LogP contribution in [0.5, 0.6) is 11.5 Å². The standard InChI is InChI=1S/C23H22FN3O3/c1-14-17(13-25-27(14)19-5-3-2-4-18(19)24)23(28)26-22(15-6-7-15)16-8-9-20-21(12-16)30-11-10-29-20/h2-5,8-9,12-13,15,22H,6-7,10-11H2,1H3,(H,26,28). The van der Waals surface area contributed by atoms with Crippen molar-refractivity contribution in [2.24, 2.45) is 5.92 Å². The Kier molecular flexibility index (Phi) is 4.65. The van der Waals surface area contributed by atoms with E-state index in [1.54, 1.807) is 25.1 Å². The number of aromatic nitrogens is 2. The van der Waals surface area contributed by atoms with E-state index in [1.165, 1.54) is 16.9 Å². The van der Waals surface area contributed by atoms with Crippen LogP contribution in [0.4, 0.5) is 4.39 Å². The summed E-state index contributed by atoms with van der Waals surface area (Å²) in [4.78, 5) is 13.1. The molecule has 2 aliphatic rings. The molecule has 2 heterocycles. The average molecular weight is 407 g/mol. The molecule has 1 unspecified atom stereocenters. The van der Waals surface area contributed by atoms with Gasteiger partial charge in [0.05, 0.1) is 23.5 Å². The fourth-order valence-electron chi connectivity index (χ4n) is 3.87. The van der Waals surface area contributed by atoms with Gasteiger partial charge in [0.15, 0.2) is 11.5 Å². The highest BCUT2D eigenvalue weighted by Gasteiger charge is 2.35. The second kappa shape index (κ2) is 7.48. The Bertz CT molecular complexity index is 1110. The number of benzene rings is 2. The molecular formula is C23H22FN3O3. The maximum atomic E-state index is 14.2. The highest BCUT2D eigenvalue weighted by molar-refractivity contribution is 5.95. The summed E-state index contributed by atoms with van der Waals surface area (Å²) in [6, 6.07) is 12.1. The molecule has 0 spiro atoms. The number of para-hydroxylation sites is 1. The molecule has 6 nitrogen and oxygen atoms in total. The number of rotatable bonds is 5. The molecule has 30 heavy (non-hydrogen) atoms. The lowest BCUT2D eigenvalue weighted by Gasteiger charge is -2.23. The van der Waals surface area contributed by atoms with Crippen molar-refractivity contribution in [2.75, 3.05) is 13.2 Å². The molecule has 1 N–H and O–H groups in total. The summed E-state index contributed by atoms with van der Waals surface area (Å²) >= 11 is 0. The van der Waals surface area contributed by atoms with Gasteiger partial charge in [0.1, 0.15) is 24.7 Å². The summed E-state index contributed by atoms with van der Waals surface area (Å²) < 4.78 is 26.9. The van der Waals surface area contributed by atoms with Gasteiger partial charge in [0.2, 0.25) is 0 Å². The Morgan fingerprint density at radius 3 is 2.70 bits per heavy atom. The van der Waals surface area contributed by atoms with Crippen molar-refractivity contribution in [2.45, 2.75) is 25.8 Å². The molecule has 2 aromatic carbocycles. The number of carbonyl (C=O) groups excluding carboxylic acids is 1. The van der Waals surface area contributed by atoms with Crippen LogP contribution in [0.1, 0.15) is 40.5 Å². The highest BCUT2D eigenvalue weighted by Crippen LogP contribution is 2.43. The lowest BCUT2D eigenvalue weighted by atomic mass is 10.0. The van der Waals surface area contributed by atoms with E-state index in [4.69, 9.17) is 9.47 Å². The van der Waals surface area contributed by atoms with E-state index in [9.17, 15) is 9.18 Å². The third kappa shape index (κ3) is 3.40. The van der Waals surface area contributed by atoms with E-state index < -0.39 is 0 Å². The number of amides is 1. The zero-order chi connectivity index (χ0) is 20.7. The van der Waals surface area contributed by atoms with Gasteiger partial charge in [0.25, 0.3) is 5.91 Å². The fraction of sp³-hybridized carbons (Fsp3) is 0.304. The summed E-state index contributed by atoms with van der Waals surface area (Å²) in [6.45, 7) is 2.83. The Balaban J connectivity index is 1.41. The zero-order valence-electron chi connectivity index (χ0n) is 16.6. The number of nitrogens with one attached hydrogen (secondary N) is 1. The van der Waals surface area contributed by atoms with E-state index in [0.717, 1.165) is 24.2 Å². The van der Waals surface area contributed by atoms with Gasteiger partial charge in [0, 0.05) is 0 Å². The molecule has 5 rings (SSSR count). The normalized spacial score (nSPS) is 16.2. The largest absolute Gasteiger partial charge is 0.486 e. The van der Waals surface area contributed by atoms with Crippen molar-refractivity contribution in [3.63, 3.8) is 0 Å². The number of hydrogen-bond acceptors (Lipinski definition) is 4. The number of nitrogens with zero attached hydrogens (tertiary/aromatic N) is 2. The van der Waals surface area contributed by atoms with Gasteiger partial charge in [-0.3, -0.25) is 4.79 Å². The summed E-state index contributed by atoms with van der Waals surface area (Å²) in [5.41, 5.74) is 2.34. The Morgan fingerprint density at radius 1 is 1.17 bits per heavy atom. The first-order valence-electron chi connectivity index (χ1n) is 10.1. The number of fused-ring (bicyclic) bond motifs is 1. The molecule has 1 aromatic heterocycles. The van der Waals surface area contributed by atoms with Crippen molar-refractivity contribution in [1.82, 2.24) is 15.1 Å². The molecule has 1 fully saturated rings. The average Bonchev–Trinajstić information content (AvgIpc) is 3.54. The quantitative estimate of drug-likeness (QED) is 0.695. The maximum Gasteiger partial charge on any atom is 0.255 e. The van der Waals surface area contributed by atoms with E-state index >= 15 is 0 Å². The Labute approximate surface area is 173 Å². The van der Waals surface area contributed by atoms with Crippen LogP contribution in [0.15, 0.2) is 48.7 Å². The molecule has 0 saturated heterocycles. The minimum Gasteiger partial charge on any atom is -0.486 e. The maximum absolute atomic E-state index is 14.2. The van der Waals surface area contributed by atoms with E-state index in [0.29, 0.717) is 41.8 Å². The second-order valence-electron chi connectivity index (χ2n) is 7.70. The summed E-state index contributed by atoms with van der Waals surface area (Å²) in [5.74, 6) is 1.22. The topological polar surface area (TPSA) is 65.4 Å². The van der Waals surface area contributed by atoms with Gasteiger partial charge >= 0.3 is 0 Å². The van der Waals surface area contributed by atoms with Crippen LogP contribution in [-0.2, 0) is 0 Å². The number of ether oxygens (including phenoxy) is 2. The van der Waals surface area contributed by atoms with Gasteiger partial charge in [-0.2, -0.15) is 5.10 Å². The molecule has 1 aliphatic carbocycles. The van der Waals surface area contributed by atoms with Crippen LogP contribution >= 0.6 is 0 Å².